The van der Waals surface area contributed by atoms with Crippen LogP contribution in [0.15, 0.2) is 65.4 Å². The van der Waals surface area contributed by atoms with Gasteiger partial charge in [-0.3, -0.25) is 0 Å². The molecule has 0 amide bonds. The third-order valence-electron chi connectivity index (χ3n) is 4.93. The highest BCUT2D eigenvalue weighted by Crippen LogP contribution is 2.30. The van der Waals surface area contributed by atoms with Crippen LogP contribution in [0, 0.1) is 0 Å². The minimum Gasteiger partial charge on any atom is -0.543 e. The van der Waals surface area contributed by atoms with Gasteiger partial charge < -0.3 is 14.8 Å². The van der Waals surface area contributed by atoms with E-state index in [0.717, 1.165) is 16.4 Å². The molecule has 7 heteroatoms. The number of rotatable bonds is 8. The summed E-state index contributed by atoms with van der Waals surface area (Å²) in [7, 11) is 0. The summed E-state index contributed by atoms with van der Waals surface area (Å²) < 4.78 is 0. The second-order valence-corrected chi connectivity index (χ2v) is 9.40. The normalized spacial score (nSPS) is 11.1. The van der Waals surface area contributed by atoms with Crippen molar-refractivity contribution in [2.75, 3.05) is 4.90 Å². The van der Waals surface area contributed by atoms with E-state index in [-0.39, 0.29) is 5.69 Å². The topological polar surface area (TPSA) is 69.2 Å². The van der Waals surface area contributed by atoms with E-state index in [1.807, 2.05) is 17.5 Å². The summed E-state index contributed by atoms with van der Waals surface area (Å²) in [5, 5.41) is 16.2. The van der Waals surface area contributed by atoms with Crippen LogP contribution < -0.4 is 10.0 Å². The minimum atomic E-state index is -1.27. The highest BCUT2D eigenvalue weighted by Gasteiger charge is 2.15. The van der Waals surface area contributed by atoms with Crippen LogP contribution in [0.1, 0.15) is 46.4 Å². The lowest BCUT2D eigenvalue weighted by molar-refractivity contribution is -0.255. The summed E-state index contributed by atoms with van der Waals surface area (Å²) in [6.07, 6.45) is 0. The Balaban J connectivity index is 1.61. The number of carboxylic acid groups (broad SMARTS) is 1. The Kier molecular flexibility index (Phi) is 6.44. The Labute approximate surface area is 189 Å². The third-order valence-corrected chi connectivity index (χ3v) is 6.69. The molecule has 3 heterocycles. The van der Waals surface area contributed by atoms with E-state index >= 15 is 0 Å². The number of carbonyl (C=O) groups is 1. The van der Waals surface area contributed by atoms with Crippen molar-refractivity contribution in [3.8, 4) is 11.3 Å². The first kappa shape index (κ1) is 21.2. The number of nitrogens with zero attached hydrogens (tertiary/aromatic N) is 3. The Bertz CT molecular complexity index is 1150. The van der Waals surface area contributed by atoms with Crippen LogP contribution in [0.5, 0.6) is 0 Å². The largest absolute Gasteiger partial charge is 0.543 e. The van der Waals surface area contributed by atoms with Crippen LogP contribution in [-0.2, 0) is 13.1 Å². The number of aromatic nitrogens is 2. The number of thiophene rings is 1. The number of carbonyl (C=O) groups excluding carboxylic acids is 1. The van der Waals surface area contributed by atoms with Gasteiger partial charge in [0.1, 0.15) is 0 Å². The zero-order valence-electron chi connectivity index (χ0n) is 17.3. The predicted octanol–water partition coefficient (Wildman–Crippen LogP) is 4.96. The molecule has 0 spiro atoms. The van der Waals surface area contributed by atoms with Gasteiger partial charge in [0.15, 0.2) is 5.13 Å². The highest BCUT2D eigenvalue weighted by molar-refractivity contribution is 7.14. The SMILES string of the molecule is CC(C)c1ccc(-c2csc(N(Cc3cccc(C(=O)[O-])n3)Cc3cccs3)n2)cc1. The van der Waals surface area contributed by atoms with E-state index in [9.17, 15) is 9.90 Å². The maximum Gasteiger partial charge on any atom is 0.186 e. The summed E-state index contributed by atoms with van der Waals surface area (Å²) >= 11 is 3.26. The maximum absolute atomic E-state index is 11.2. The van der Waals surface area contributed by atoms with Crippen LogP contribution in [0.25, 0.3) is 11.3 Å². The molecule has 31 heavy (non-hydrogen) atoms. The fraction of sp³-hybridized carbons (Fsp3) is 0.208. The van der Waals surface area contributed by atoms with Gasteiger partial charge in [-0.05, 0) is 35.1 Å². The summed E-state index contributed by atoms with van der Waals surface area (Å²) in [5.41, 5.74) is 3.93. The first-order chi connectivity index (χ1) is 15.0. The summed E-state index contributed by atoms with van der Waals surface area (Å²) in [6.45, 7) is 5.50. The fourth-order valence-corrected chi connectivity index (χ4v) is 4.79. The van der Waals surface area contributed by atoms with Gasteiger partial charge in [-0.15, -0.1) is 22.7 Å². The molecule has 0 aliphatic rings. The van der Waals surface area contributed by atoms with Gasteiger partial charge in [-0.2, -0.15) is 0 Å². The van der Waals surface area contributed by atoms with E-state index < -0.39 is 5.97 Å². The molecule has 0 fully saturated rings. The van der Waals surface area contributed by atoms with Crippen molar-refractivity contribution in [3.63, 3.8) is 0 Å². The average Bonchev–Trinajstić information content (AvgIpc) is 3.46. The number of pyridine rings is 1. The Hall–Kier alpha value is -3.03. The number of benzene rings is 1. The standard InChI is InChI=1S/C24H23N3O2S2/c1-16(2)17-8-10-18(11-9-17)22-15-31-24(26-22)27(14-20-6-4-12-30-20)13-19-5-3-7-21(25-19)23(28)29/h3-12,15-16H,13-14H2,1-2H3,(H,28,29)/p-1. The number of anilines is 1. The van der Waals surface area contributed by atoms with Crippen molar-refractivity contribution in [3.05, 3.63) is 87.2 Å². The van der Waals surface area contributed by atoms with Crippen molar-refractivity contribution in [2.45, 2.75) is 32.9 Å². The first-order valence-corrected chi connectivity index (χ1v) is 11.8. The lowest BCUT2D eigenvalue weighted by atomic mass is 10.0. The molecule has 5 nitrogen and oxygen atoms in total. The molecule has 1 aromatic carbocycles. The van der Waals surface area contributed by atoms with Gasteiger partial charge in [0, 0.05) is 15.8 Å². The van der Waals surface area contributed by atoms with Gasteiger partial charge in [-0.25, -0.2) is 9.97 Å². The van der Waals surface area contributed by atoms with Crippen LogP contribution in [0.2, 0.25) is 0 Å². The molecule has 0 N–H and O–H groups in total. The molecule has 0 saturated carbocycles. The highest BCUT2D eigenvalue weighted by atomic mass is 32.1. The quantitative estimate of drug-likeness (QED) is 0.381. The van der Waals surface area contributed by atoms with E-state index in [2.05, 4.69) is 59.4 Å². The average molecular weight is 449 g/mol. The minimum absolute atomic E-state index is 0.0568. The van der Waals surface area contributed by atoms with Crippen LogP contribution in [-0.4, -0.2) is 15.9 Å². The second-order valence-electron chi connectivity index (χ2n) is 7.53. The molecule has 0 aliphatic heterocycles. The van der Waals surface area contributed by atoms with Crippen molar-refractivity contribution < 1.29 is 9.90 Å². The summed E-state index contributed by atoms with van der Waals surface area (Å²) in [4.78, 5) is 23.6. The first-order valence-electron chi connectivity index (χ1n) is 10.00. The predicted molar refractivity (Wildman–Crippen MR) is 124 cm³/mol. The summed E-state index contributed by atoms with van der Waals surface area (Å²) in [6, 6.07) is 17.6. The Morgan fingerprint density at radius 3 is 2.48 bits per heavy atom. The molecule has 3 aromatic heterocycles. The van der Waals surface area contributed by atoms with Gasteiger partial charge in [0.2, 0.25) is 0 Å². The monoisotopic (exact) mass is 448 g/mol. The maximum atomic E-state index is 11.2. The molecule has 4 aromatic rings. The van der Waals surface area contributed by atoms with Gasteiger partial charge >= 0.3 is 0 Å². The molecule has 0 radical (unpaired) electrons. The van der Waals surface area contributed by atoms with E-state index in [1.54, 1.807) is 28.7 Å². The zero-order chi connectivity index (χ0) is 21.8. The lowest BCUT2D eigenvalue weighted by Gasteiger charge is -2.21. The second kappa shape index (κ2) is 9.41. The van der Waals surface area contributed by atoms with Crippen molar-refractivity contribution in [1.82, 2.24) is 9.97 Å². The number of hydrogen-bond donors (Lipinski definition) is 0. The zero-order valence-corrected chi connectivity index (χ0v) is 19.0. The molecule has 0 atom stereocenters. The Morgan fingerprint density at radius 1 is 1.00 bits per heavy atom. The van der Waals surface area contributed by atoms with E-state index in [0.29, 0.717) is 24.7 Å². The number of carboxylic acids is 1. The van der Waals surface area contributed by atoms with Crippen molar-refractivity contribution >= 4 is 33.8 Å². The third kappa shape index (κ3) is 5.18. The van der Waals surface area contributed by atoms with Crippen molar-refractivity contribution in [2.24, 2.45) is 0 Å². The van der Waals surface area contributed by atoms with Crippen LogP contribution >= 0.6 is 22.7 Å². The summed E-state index contributed by atoms with van der Waals surface area (Å²) in [5.74, 6) is -0.779. The van der Waals surface area contributed by atoms with Gasteiger partial charge in [0.05, 0.1) is 36.1 Å². The number of thiazole rings is 1. The smallest absolute Gasteiger partial charge is 0.186 e. The molecule has 0 bridgehead atoms. The fourth-order valence-electron chi connectivity index (χ4n) is 3.24. The molecular formula is C24H22N3O2S2-. The molecule has 0 unspecified atom stereocenters. The molecular weight excluding hydrogens is 426 g/mol. The molecule has 4 rings (SSSR count). The number of hydrogen-bond acceptors (Lipinski definition) is 7. The molecule has 158 valence electrons. The van der Waals surface area contributed by atoms with Crippen LogP contribution in [0.4, 0.5) is 5.13 Å². The van der Waals surface area contributed by atoms with E-state index in [1.165, 1.54) is 16.5 Å². The Morgan fingerprint density at radius 2 is 1.81 bits per heavy atom. The van der Waals surface area contributed by atoms with Gasteiger partial charge in [0.25, 0.3) is 0 Å². The van der Waals surface area contributed by atoms with Gasteiger partial charge in [-0.1, -0.05) is 50.2 Å². The number of aromatic carboxylic acids is 1. The van der Waals surface area contributed by atoms with E-state index in [4.69, 9.17) is 4.98 Å². The van der Waals surface area contributed by atoms with Crippen LogP contribution in [0.3, 0.4) is 0 Å². The molecule has 0 aliphatic carbocycles. The van der Waals surface area contributed by atoms with Crippen molar-refractivity contribution in [1.29, 1.82) is 0 Å². The lowest BCUT2D eigenvalue weighted by Crippen LogP contribution is -2.26. The molecule has 0 saturated heterocycles.